The summed E-state index contributed by atoms with van der Waals surface area (Å²) in [5.41, 5.74) is -2.08. The molecule has 9 nitrogen and oxygen atoms in total. The molecule has 0 aromatic carbocycles. The molecule has 1 aromatic heterocycles. The van der Waals surface area contributed by atoms with Gasteiger partial charge in [0.2, 0.25) is 5.88 Å². The van der Waals surface area contributed by atoms with E-state index in [0.29, 0.717) is 25.7 Å². The van der Waals surface area contributed by atoms with Gasteiger partial charge in [-0.15, -0.1) is 0 Å². The number of carbonyl (C=O) groups excluding carboxylic acids is 1. The van der Waals surface area contributed by atoms with Crippen molar-refractivity contribution in [2.75, 3.05) is 6.54 Å². The Hall–Kier alpha value is -2.58. The molecular formula is C21H35N3O6. The van der Waals surface area contributed by atoms with Gasteiger partial charge in [0.25, 0.3) is 11.5 Å². The van der Waals surface area contributed by atoms with E-state index in [1.54, 1.807) is 0 Å². The minimum Gasteiger partial charge on any atom is -0.494 e. The van der Waals surface area contributed by atoms with Crippen LogP contribution in [0.2, 0.25) is 0 Å². The second kappa shape index (κ2) is 12.2. The van der Waals surface area contributed by atoms with E-state index in [9.17, 15) is 24.3 Å². The molecule has 3 N–H and O–H groups in total. The van der Waals surface area contributed by atoms with Crippen molar-refractivity contribution in [3.8, 4) is 5.88 Å². The van der Waals surface area contributed by atoms with Crippen LogP contribution in [0.25, 0.3) is 0 Å². The summed E-state index contributed by atoms with van der Waals surface area (Å²) in [5.74, 6) is -2.97. The number of rotatable bonds is 13. The Morgan fingerprint density at radius 1 is 0.867 bits per heavy atom. The van der Waals surface area contributed by atoms with Crippen molar-refractivity contribution in [3.05, 3.63) is 26.4 Å². The zero-order valence-electron chi connectivity index (χ0n) is 18.4. The molecule has 0 aliphatic carbocycles. The predicted molar refractivity (Wildman–Crippen MR) is 114 cm³/mol. The van der Waals surface area contributed by atoms with E-state index in [-0.39, 0.29) is 6.04 Å². The maximum absolute atomic E-state index is 13.4. The molecule has 0 atom stereocenters. The van der Waals surface area contributed by atoms with Gasteiger partial charge in [0.05, 0.1) is 0 Å². The first kappa shape index (κ1) is 25.5. The number of nitrogens with zero attached hydrogens (tertiary/aromatic N) is 2. The number of aromatic nitrogens is 2. The molecular weight excluding hydrogens is 390 g/mol. The number of hydrogen-bond acceptors (Lipinski definition) is 5. The molecule has 0 aliphatic heterocycles. The van der Waals surface area contributed by atoms with E-state index in [0.717, 1.165) is 34.8 Å². The van der Waals surface area contributed by atoms with Crippen molar-refractivity contribution in [2.24, 2.45) is 0 Å². The summed E-state index contributed by atoms with van der Waals surface area (Å²) < 4.78 is 2.24. The van der Waals surface area contributed by atoms with Crippen LogP contribution in [0.15, 0.2) is 9.59 Å². The highest BCUT2D eigenvalue weighted by atomic mass is 16.4. The predicted octanol–water partition coefficient (Wildman–Crippen LogP) is 2.81. The summed E-state index contributed by atoms with van der Waals surface area (Å²) in [6.45, 7) is 7.11. The van der Waals surface area contributed by atoms with E-state index in [1.165, 1.54) is 0 Å². The van der Waals surface area contributed by atoms with Gasteiger partial charge in [0, 0.05) is 12.1 Å². The summed E-state index contributed by atoms with van der Waals surface area (Å²) in [4.78, 5) is 50.0. The van der Waals surface area contributed by atoms with Crippen LogP contribution in [-0.4, -0.2) is 37.8 Å². The van der Waals surface area contributed by atoms with Crippen molar-refractivity contribution >= 4 is 11.9 Å². The van der Waals surface area contributed by atoms with Gasteiger partial charge in [-0.1, -0.05) is 53.4 Å². The second-order valence-corrected chi connectivity index (χ2v) is 7.57. The lowest BCUT2D eigenvalue weighted by Crippen LogP contribution is -2.47. The van der Waals surface area contributed by atoms with E-state index in [2.05, 4.69) is 5.32 Å². The Morgan fingerprint density at radius 3 is 1.70 bits per heavy atom. The average Bonchev–Trinajstić information content (AvgIpc) is 2.67. The molecule has 0 saturated carbocycles. The first-order valence-electron chi connectivity index (χ1n) is 10.8. The minimum absolute atomic E-state index is 0.366. The molecule has 30 heavy (non-hydrogen) atoms. The number of nitrogens with one attached hydrogen (secondary N) is 1. The summed E-state index contributed by atoms with van der Waals surface area (Å²) in [7, 11) is 0. The third kappa shape index (κ3) is 5.96. The van der Waals surface area contributed by atoms with Crippen molar-refractivity contribution in [3.63, 3.8) is 0 Å². The van der Waals surface area contributed by atoms with Crippen molar-refractivity contribution in [1.29, 1.82) is 0 Å². The Balaban J connectivity index is 3.83. The van der Waals surface area contributed by atoms with Gasteiger partial charge in [0.15, 0.2) is 5.56 Å². The molecule has 0 radical (unpaired) electrons. The van der Waals surface area contributed by atoms with Gasteiger partial charge in [-0.25, -0.2) is 4.79 Å². The van der Waals surface area contributed by atoms with Gasteiger partial charge < -0.3 is 15.5 Å². The van der Waals surface area contributed by atoms with Crippen LogP contribution in [-0.2, 0) is 4.79 Å². The SMILES string of the molecule is CCCC(CCC)n1c(O)c(C(=O)NCC(=O)O)c(=O)n(C(CCC)CCC)c1=O. The third-order valence-corrected chi connectivity index (χ3v) is 5.14. The normalized spacial score (nSPS) is 11.3. The number of carboxylic acid groups (broad SMARTS) is 1. The van der Waals surface area contributed by atoms with Gasteiger partial charge in [0.1, 0.15) is 6.54 Å². The van der Waals surface area contributed by atoms with Crippen LogP contribution in [0.1, 0.15) is 102 Å². The number of aliphatic carboxylic acids is 1. The van der Waals surface area contributed by atoms with Crippen LogP contribution in [0, 0.1) is 0 Å². The summed E-state index contributed by atoms with van der Waals surface area (Å²) in [6.07, 6.45) is 5.35. The maximum Gasteiger partial charge on any atom is 0.334 e. The fraction of sp³-hybridized carbons (Fsp3) is 0.714. The minimum atomic E-state index is -1.28. The highest BCUT2D eigenvalue weighted by molar-refractivity contribution is 5.97. The molecule has 0 fully saturated rings. The lowest BCUT2D eigenvalue weighted by molar-refractivity contribution is -0.135. The highest BCUT2D eigenvalue weighted by Gasteiger charge is 2.29. The Kier molecular flexibility index (Phi) is 10.3. The Labute approximate surface area is 176 Å². The van der Waals surface area contributed by atoms with Crippen LogP contribution < -0.4 is 16.6 Å². The Bertz CT molecular complexity index is 830. The first-order chi connectivity index (χ1) is 14.2. The lowest BCUT2D eigenvalue weighted by atomic mass is 10.0. The molecule has 0 bridgehead atoms. The molecule has 170 valence electrons. The quantitative estimate of drug-likeness (QED) is 0.445. The second-order valence-electron chi connectivity index (χ2n) is 7.57. The molecule has 1 heterocycles. The molecule has 0 unspecified atom stereocenters. The summed E-state index contributed by atoms with van der Waals surface area (Å²) in [5, 5.41) is 21.8. The number of hydrogen-bond donors (Lipinski definition) is 3. The molecule has 0 spiro atoms. The molecule has 9 heteroatoms. The Morgan fingerprint density at radius 2 is 1.30 bits per heavy atom. The molecule has 1 rings (SSSR count). The average molecular weight is 426 g/mol. The van der Waals surface area contributed by atoms with Gasteiger partial charge in [-0.05, 0) is 25.7 Å². The van der Waals surface area contributed by atoms with Gasteiger partial charge in [-0.2, -0.15) is 0 Å². The zero-order valence-corrected chi connectivity index (χ0v) is 18.4. The fourth-order valence-electron chi connectivity index (χ4n) is 3.86. The van der Waals surface area contributed by atoms with Crippen molar-refractivity contribution in [2.45, 2.75) is 91.1 Å². The van der Waals surface area contributed by atoms with E-state index in [1.807, 2.05) is 27.7 Å². The van der Waals surface area contributed by atoms with Gasteiger partial charge in [-0.3, -0.25) is 23.5 Å². The number of carbonyl (C=O) groups is 2. The molecule has 1 amide bonds. The maximum atomic E-state index is 13.4. The molecule has 1 aromatic rings. The van der Waals surface area contributed by atoms with Crippen molar-refractivity contribution in [1.82, 2.24) is 14.5 Å². The summed E-state index contributed by atoms with van der Waals surface area (Å²) >= 11 is 0. The summed E-state index contributed by atoms with van der Waals surface area (Å²) in [6, 6.07) is -0.768. The third-order valence-electron chi connectivity index (χ3n) is 5.14. The van der Waals surface area contributed by atoms with Crippen LogP contribution in [0.5, 0.6) is 5.88 Å². The monoisotopic (exact) mass is 425 g/mol. The molecule has 0 saturated heterocycles. The zero-order chi connectivity index (χ0) is 22.8. The van der Waals surface area contributed by atoms with Crippen LogP contribution in [0.4, 0.5) is 0 Å². The highest BCUT2D eigenvalue weighted by Crippen LogP contribution is 2.26. The topological polar surface area (TPSA) is 131 Å². The number of amides is 1. The van der Waals surface area contributed by atoms with Crippen LogP contribution in [0.3, 0.4) is 0 Å². The van der Waals surface area contributed by atoms with Crippen molar-refractivity contribution < 1.29 is 19.8 Å². The number of carboxylic acids is 1. The largest absolute Gasteiger partial charge is 0.494 e. The fourth-order valence-corrected chi connectivity index (χ4v) is 3.86. The van der Waals surface area contributed by atoms with E-state index >= 15 is 0 Å². The van der Waals surface area contributed by atoms with E-state index < -0.39 is 47.2 Å². The van der Waals surface area contributed by atoms with Crippen LogP contribution >= 0.6 is 0 Å². The lowest BCUT2D eigenvalue weighted by Gasteiger charge is -2.25. The smallest absolute Gasteiger partial charge is 0.334 e. The van der Waals surface area contributed by atoms with Gasteiger partial charge >= 0.3 is 11.7 Å². The standard InChI is InChI=1S/C21H35N3O6/c1-5-9-14(10-6-2)23-19(28)17(18(27)22-13-16(25)26)20(29)24(21(23)30)15(11-7-3)12-8-4/h14-15,28H,5-13H2,1-4H3,(H,22,27)(H,25,26). The number of aromatic hydroxyl groups is 1. The van der Waals surface area contributed by atoms with E-state index in [4.69, 9.17) is 5.11 Å². The molecule has 0 aliphatic rings. The first-order valence-corrected chi connectivity index (χ1v) is 10.8.